The lowest BCUT2D eigenvalue weighted by molar-refractivity contribution is 0.403. The third kappa shape index (κ3) is 14.0. The zero-order valence-corrected chi connectivity index (χ0v) is 15.0. The van der Waals surface area contributed by atoms with E-state index in [1.54, 1.807) is 0 Å². The van der Waals surface area contributed by atoms with Crippen molar-refractivity contribution < 1.29 is 0 Å². The van der Waals surface area contributed by atoms with Crippen LogP contribution in [0.1, 0.15) is 33.6 Å². The molecule has 2 N–H and O–H groups in total. The average Bonchev–Trinajstić information content (AvgIpc) is 2.23. The number of hydrogen-bond donors (Lipinski definition) is 2. The molecular formula is C13H31IN4. The van der Waals surface area contributed by atoms with Crippen molar-refractivity contribution in [3.05, 3.63) is 0 Å². The van der Waals surface area contributed by atoms with Crippen LogP contribution in [0.25, 0.3) is 0 Å². The van der Waals surface area contributed by atoms with Gasteiger partial charge in [0.05, 0.1) is 0 Å². The van der Waals surface area contributed by atoms with Gasteiger partial charge in [0.2, 0.25) is 0 Å². The molecule has 0 saturated heterocycles. The number of nitrogens with zero attached hydrogens (tertiary/aromatic N) is 2. The molecule has 0 aliphatic rings. The first-order valence-electron chi connectivity index (χ1n) is 6.73. The van der Waals surface area contributed by atoms with Crippen molar-refractivity contribution in [3.8, 4) is 0 Å². The second kappa shape index (κ2) is 13.4. The van der Waals surface area contributed by atoms with Crippen molar-refractivity contribution in [2.75, 3.05) is 40.3 Å². The van der Waals surface area contributed by atoms with Crippen LogP contribution in [0.2, 0.25) is 0 Å². The summed E-state index contributed by atoms with van der Waals surface area (Å²) in [6, 6.07) is 0. The summed E-state index contributed by atoms with van der Waals surface area (Å²) in [7, 11) is 4.19. The third-order valence-electron chi connectivity index (χ3n) is 2.39. The van der Waals surface area contributed by atoms with Crippen molar-refractivity contribution >= 4 is 29.9 Å². The first-order chi connectivity index (χ1) is 8.06. The Balaban J connectivity index is 0. The standard InChI is InChI=1S/C13H30N4.HI/c1-6-14-13(16-10-8-12(2)3)15-9-7-11-17(4)5;/h12H,6-11H2,1-5H3,(H2,14,15,16);1H. The second-order valence-corrected chi connectivity index (χ2v) is 5.03. The van der Waals surface area contributed by atoms with Crippen LogP contribution in [0, 0.1) is 5.92 Å². The van der Waals surface area contributed by atoms with E-state index in [-0.39, 0.29) is 24.0 Å². The van der Waals surface area contributed by atoms with Crippen LogP contribution < -0.4 is 10.6 Å². The molecule has 0 heterocycles. The molecule has 0 atom stereocenters. The number of rotatable bonds is 8. The molecule has 5 heteroatoms. The lowest BCUT2D eigenvalue weighted by atomic mass is 10.1. The Bertz CT molecular complexity index is 205. The van der Waals surface area contributed by atoms with Gasteiger partial charge in [0.1, 0.15) is 0 Å². The molecule has 18 heavy (non-hydrogen) atoms. The summed E-state index contributed by atoms with van der Waals surface area (Å²) in [5, 5.41) is 6.64. The van der Waals surface area contributed by atoms with E-state index in [9.17, 15) is 0 Å². The van der Waals surface area contributed by atoms with Gasteiger partial charge >= 0.3 is 0 Å². The van der Waals surface area contributed by atoms with Crippen molar-refractivity contribution in [1.29, 1.82) is 0 Å². The quantitative estimate of drug-likeness (QED) is 0.298. The lowest BCUT2D eigenvalue weighted by Gasteiger charge is -2.13. The fourth-order valence-electron chi connectivity index (χ4n) is 1.40. The molecule has 0 aliphatic heterocycles. The van der Waals surface area contributed by atoms with E-state index in [1.165, 1.54) is 6.42 Å². The number of nitrogens with one attached hydrogen (secondary N) is 2. The predicted molar refractivity (Wildman–Crippen MR) is 92.0 cm³/mol. The molecule has 0 radical (unpaired) electrons. The zero-order valence-electron chi connectivity index (χ0n) is 12.6. The molecule has 0 saturated carbocycles. The summed E-state index contributed by atoms with van der Waals surface area (Å²) >= 11 is 0. The Morgan fingerprint density at radius 3 is 2.39 bits per heavy atom. The van der Waals surface area contributed by atoms with Crippen LogP contribution in [0.15, 0.2) is 4.99 Å². The normalized spacial score (nSPS) is 11.6. The fraction of sp³-hybridized carbons (Fsp3) is 0.923. The average molecular weight is 370 g/mol. The van der Waals surface area contributed by atoms with E-state index in [0.717, 1.165) is 44.5 Å². The Morgan fingerprint density at radius 1 is 1.22 bits per heavy atom. The van der Waals surface area contributed by atoms with Gasteiger partial charge in [-0.15, -0.1) is 24.0 Å². The molecule has 0 unspecified atom stereocenters. The maximum atomic E-state index is 4.55. The van der Waals surface area contributed by atoms with E-state index >= 15 is 0 Å². The van der Waals surface area contributed by atoms with Crippen molar-refractivity contribution in [1.82, 2.24) is 15.5 Å². The monoisotopic (exact) mass is 370 g/mol. The third-order valence-corrected chi connectivity index (χ3v) is 2.39. The minimum atomic E-state index is 0. The predicted octanol–water partition coefficient (Wildman–Crippen LogP) is 2.16. The maximum absolute atomic E-state index is 4.55. The highest BCUT2D eigenvalue weighted by Crippen LogP contribution is 1.96. The lowest BCUT2D eigenvalue weighted by Crippen LogP contribution is -2.38. The molecule has 0 aromatic heterocycles. The molecule has 0 bridgehead atoms. The van der Waals surface area contributed by atoms with E-state index in [4.69, 9.17) is 0 Å². The van der Waals surface area contributed by atoms with Crippen LogP contribution in [0.5, 0.6) is 0 Å². The summed E-state index contributed by atoms with van der Waals surface area (Å²) in [6.45, 7) is 10.5. The SMILES string of the molecule is CCNC(=NCCCN(C)C)NCCC(C)C.I. The van der Waals surface area contributed by atoms with Gasteiger partial charge in [-0.05, 0) is 46.3 Å². The number of halogens is 1. The topological polar surface area (TPSA) is 39.7 Å². The van der Waals surface area contributed by atoms with E-state index in [1.807, 2.05) is 0 Å². The molecule has 0 aliphatic carbocycles. The van der Waals surface area contributed by atoms with Gasteiger partial charge in [-0.2, -0.15) is 0 Å². The summed E-state index contributed by atoms with van der Waals surface area (Å²) < 4.78 is 0. The Hall–Kier alpha value is -0.0400. The summed E-state index contributed by atoms with van der Waals surface area (Å²) in [4.78, 5) is 6.74. The molecular weight excluding hydrogens is 339 g/mol. The van der Waals surface area contributed by atoms with Gasteiger partial charge in [-0.1, -0.05) is 13.8 Å². The van der Waals surface area contributed by atoms with E-state index < -0.39 is 0 Å². The molecule has 0 spiro atoms. The van der Waals surface area contributed by atoms with Crippen molar-refractivity contribution in [3.63, 3.8) is 0 Å². The van der Waals surface area contributed by atoms with Crippen molar-refractivity contribution in [2.45, 2.75) is 33.6 Å². The van der Waals surface area contributed by atoms with Crippen LogP contribution in [-0.4, -0.2) is 51.1 Å². The molecule has 0 aromatic rings. The number of aliphatic imine (C=N–C) groups is 1. The summed E-state index contributed by atoms with van der Waals surface area (Å²) in [5.41, 5.74) is 0. The first kappa shape index (κ1) is 20.3. The highest BCUT2D eigenvalue weighted by Gasteiger charge is 1.98. The maximum Gasteiger partial charge on any atom is 0.191 e. The molecule has 4 nitrogen and oxygen atoms in total. The van der Waals surface area contributed by atoms with Gasteiger partial charge in [-0.25, -0.2) is 0 Å². The fourth-order valence-corrected chi connectivity index (χ4v) is 1.40. The smallest absolute Gasteiger partial charge is 0.191 e. The van der Waals surface area contributed by atoms with Crippen LogP contribution >= 0.6 is 24.0 Å². The molecule has 0 aromatic carbocycles. The number of guanidine groups is 1. The van der Waals surface area contributed by atoms with Gasteiger partial charge in [-0.3, -0.25) is 4.99 Å². The van der Waals surface area contributed by atoms with Crippen LogP contribution in [-0.2, 0) is 0 Å². The van der Waals surface area contributed by atoms with Gasteiger partial charge in [0.25, 0.3) is 0 Å². The van der Waals surface area contributed by atoms with E-state index in [2.05, 4.69) is 55.4 Å². The Kier molecular flexibility index (Phi) is 15.1. The highest BCUT2D eigenvalue weighted by molar-refractivity contribution is 14.0. The van der Waals surface area contributed by atoms with Gasteiger partial charge in [0, 0.05) is 19.6 Å². The molecule has 0 rings (SSSR count). The number of hydrogen-bond acceptors (Lipinski definition) is 2. The molecule has 110 valence electrons. The first-order valence-corrected chi connectivity index (χ1v) is 6.73. The Morgan fingerprint density at radius 2 is 1.89 bits per heavy atom. The highest BCUT2D eigenvalue weighted by atomic mass is 127. The second-order valence-electron chi connectivity index (χ2n) is 5.03. The summed E-state index contributed by atoms with van der Waals surface area (Å²) in [5.74, 6) is 1.69. The van der Waals surface area contributed by atoms with E-state index in [0.29, 0.717) is 0 Å². The van der Waals surface area contributed by atoms with Crippen molar-refractivity contribution in [2.24, 2.45) is 10.9 Å². The molecule has 0 fully saturated rings. The van der Waals surface area contributed by atoms with Crippen LogP contribution in [0.4, 0.5) is 0 Å². The zero-order chi connectivity index (χ0) is 13.1. The van der Waals surface area contributed by atoms with Gasteiger partial charge in [0.15, 0.2) is 5.96 Å². The summed E-state index contributed by atoms with van der Waals surface area (Å²) in [6.07, 6.45) is 2.29. The van der Waals surface area contributed by atoms with Gasteiger partial charge < -0.3 is 15.5 Å². The largest absolute Gasteiger partial charge is 0.357 e. The minimum absolute atomic E-state index is 0. The molecule has 0 amide bonds. The Labute approximate surface area is 130 Å². The minimum Gasteiger partial charge on any atom is -0.357 e. The van der Waals surface area contributed by atoms with Crippen LogP contribution in [0.3, 0.4) is 0 Å².